The summed E-state index contributed by atoms with van der Waals surface area (Å²) in [5, 5.41) is 2.90. The Morgan fingerprint density at radius 1 is 1.35 bits per heavy atom. The number of likely N-dealkylation sites (N-methyl/N-ethyl adjacent to an activating group) is 1. The van der Waals surface area contributed by atoms with Gasteiger partial charge >= 0.3 is 12.1 Å². The maximum absolute atomic E-state index is 12.6. The first kappa shape index (κ1) is 18.6. The number of carbonyl (C=O) groups is 3. The minimum Gasteiger partial charge on any atom is -0.324 e. The van der Waals surface area contributed by atoms with Crippen molar-refractivity contribution in [2.24, 2.45) is 5.92 Å². The number of likely N-dealkylation sites (tertiary alicyclic amines) is 1. The van der Waals surface area contributed by atoms with Crippen LogP contribution in [-0.2, 0) is 4.79 Å². The molecule has 7 nitrogen and oxygen atoms in total. The Kier molecular flexibility index (Phi) is 5.70. The number of thioether (sulfide) groups is 1. The van der Waals surface area contributed by atoms with Gasteiger partial charge in [-0.05, 0) is 49.0 Å². The van der Waals surface area contributed by atoms with Crippen molar-refractivity contribution in [3.63, 3.8) is 0 Å². The van der Waals surface area contributed by atoms with E-state index < -0.39 is 0 Å². The first-order valence-corrected chi connectivity index (χ1v) is 10.1. The highest BCUT2D eigenvalue weighted by Crippen LogP contribution is 2.25. The Bertz CT molecular complexity index is 709. The van der Waals surface area contributed by atoms with Gasteiger partial charge in [0.2, 0.25) is 0 Å². The van der Waals surface area contributed by atoms with E-state index in [0.29, 0.717) is 17.3 Å². The van der Waals surface area contributed by atoms with E-state index in [1.807, 2.05) is 16.7 Å². The molecule has 0 aromatic heterocycles. The molecule has 8 heteroatoms. The Morgan fingerprint density at radius 2 is 2.15 bits per heavy atom. The van der Waals surface area contributed by atoms with Crippen molar-refractivity contribution in [1.29, 1.82) is 0 Å². The summed E-state index contributed by atoms with van der Waals surface area (Å²) in [4.78, 5) is 41.1. The Morgan fingerprint density at radius 3 is 2.85 bits per heavy atom. The van der Waals surface area contributed by atoms with Crippen molar-refractivity contribution < 1.29 is 14.4 Å². The second-order valence-corrected chi connectivity index (χ2v) is 7.67. The molecular weight excluding hydrogens is 352 g/mol. The van der Waals surface area contributed by atoms with Gasteiger partial charge in [0.15, 0.2) is 0 Å². The highest BCUT2D eigenvalue weighted by Gasteiger charge is 2.34. The van der Waals surface area contributed by atoms with Gasteiger partial charge in [-0.1, -0.05) is 6.07 Å². The number of nitrogens with one attached hydrogen (secondary N) is 1. The van der Waals surface area contributed by atoms with E-state index in [2.05, 4.69) is 11.6 Å². The molecule has 3 rings (SSSR count). The van der Waals surface area contributed by atoms with Gasteiger partial charge in [-0.3, -0.25) is 4.79 Å². The average molecular weight is 376 g/mol. The normalized spacial score (nSPS) is 20.7. The van der Waals surface area contributed by atoms with Crippen LogP contribution in [0, 0.1) is 5.92 Å². The Balaban J connectivity index is 1.68. The number of amides is 5. The molecule has 26 heavy (non-hydrogen) atoms. The van der Waals surface area contributed by atoms with Crippen molar-refractivity contribution in [3.05, 3.63) is 24.3 Å². The number of rotatable bonds is 4. The molecule has 2 heterocycles. The topological polar surface area (TPSA) is 73.0 Å². The zero-order valence-corrected chi connectivity index (χ0v) is 15.9. The van der Waals surface area contributed by atoms with Crippen LogP contribution in [0.25, 0.3) is 0 Å². The van der Waals surface area contributed by atoms with Crippen molar-refractivity contribution in [2.45, 2.75) is 12.8 Å². The zero-order valence-electron chi connectivity index (χ0n) is 15.1. The first-order valence-electron chi connectivity index (χ1n) is 8.72. The minimum atomic E-state index is -0.352. The van der Waals surface area contributed by atoms with Gasteiger partial charge in [-0.15, -0.1) is 0 Å². The van der Waals surface area contributed by atoms with E-state index in [1.54, 1.807) is 31.3 Å². The van der Waals surface area contributed by atoms with E-state index in [9.17, 15) is 14.4 Å². The van der Waals surface area contributed by atoms with Crippen LogP contribution in [0.1, 0.15) is 12.8 Å². The maximum atomic E-state index is 12.6. The number of hydrogen-bond acceptors (Lipinski definition) is 4. The number of carbonyl (C=O) groups excluding carboxylic acids is 3. The van der Waals surface area contributed by atoms with Crippen molar-refractivity contribution in [1.82, 2.24) is 9.80 Å². The van der Waals surface area contributed by atoms with Crippen LogP contribution in [0.15, 0.2) is 24.3 Å². The predicted octanol–water partition coefficient (Wildman–Crippen LogP) is 2.69. The summed E-state index contributed by atoms with van der Waals surface area (Å²) in [6.45, 7) is 1.59. The summed E-state index contributed by atoms with van der Waals surface area (Å²) < 4.78 is 0. The lowest BCUT2D eigenvalue weighted by atomic mass is 10.0. The monoisotopic (exact) mass is 376 g/mol. The fourth-order valence-corrected chi connectivity index (χ4v) is 4.16. The third-order valence-electron chi connectivity index (χ3n) is 4.70. The largest absolute Gasteiger partial charge is 0.331 e. The van der Waals surface area contributed by atoms with E-state index in [0.717, 1.165) is 36.6 Å². The lowest BCUT2D eigenvalue weighted by Gasteiger charge is -2.32. The van der Waals surface area contributed by atoms with Crippen LogP contribution in [0.4, 0.5) is 21.0 Å². The molecule has 0 aliphatic carbocycles. The molecule has 2 aliphatic rings. The number of hydrogen-bond donors (Lipinski definition) is 1. The van der Waals surface area contributed by atoms with Crippen LogP contribution in [0.5, 0.6) is 0 Å². The summed E-state index contributed by atoms with van der Waals surface area (Å²) in [5.41, 5.74) is 1.05. The first-order chi connectivity index (χ1) is 12.5. The number of nitrogens with zero attached hydrogens (tertiary/aromatic N) is 3. The molecule has 1 N–H and O–H groups in total. The summed E-state index contributed by atoms with van der Waals surface area (Å²) >= 11 is 1.81. The van der Waals surface area contributed by atoms with Crippen LogP contribution in [-0.4, -0.2) is 66.5 Å². The number of anilines is 2. The minimum absolute atomic E-state index is 0.0695. The van der Waals surface area contributed by atoms with Crippen LogP contribution >= 0.6 is 11.8 Å². The number of imide groups is 1. The maximum Gasteiger partial charge on any atom is 0.331 e. The lowest BCUT2D eigenvalue weighted by Crippen LogP contribution is -2.42. The van der Waals surface area contributed by atoms with Crippen LogP contribution < -0.4 is 10.2 Å². The average Bonchev–Trinajstić information content (AvgIpc) is 2.88. The van der Waals surface area contributed by atoms with Gasteiger partial charge in [0.05, 0.1) is 5.69 Å². The van der Waals surface area contributed by atoms with E-state index in [4.69, 9.17) is 0 Å². The molecule has 2 saturated heterocycles. The fourth-order valence-electron chi connectivity index (χ4n) is 3.42. The standard InChI is InChI=1S/C18H24N4O3S/c1-20-11-16(23)22(18(20)25)15-7-3-6-14(9-15)19-17(24)21-8-4-5-13(10-21)12-26-2/h3,6-7,9,13H,4-5,8,10-12H2,1-2H3,(H,19,24)/t13-/m0/s1. The second-order valence-electron chi connectivity index (χ2n) is 6.76. The van der Waals surface area contributed by atoms with E-state index >= 15 is 0 Å². The Labute approximate surface area is 157 Å². The van der Waals surface area contributed by atoms with Crippen LogP contribution in [0.2, 0.25) is 0 Å². The smallest absolute Gasteiger partial charge is 0.324 e. The second kappa shape index (κ2) is 7.99. The molecule has 2 fully saturated rings. The van der Waals surface area contributed by atoms with Gasteiger partial charge in [0, 0.05) is 25.8 Å². The molecule has 0 spiro atoms. The highest BCUT2D eigenvalue weighted by molar-refractivity contribution is 7.98. The van der Waals surface area contributed by atoms with E-state index in [-0.39, 0.29) is 24.5 Å². The zero-order chi connectivity index (χ0) is 18.7. The lowest BCUT2D eigenvalue weighted by molar-refractivity contribution is -0.116. The summed E-state index contributed by atoms with van der Waals surface area (Å²) in [5.74, 6) is 1.33. The molecule has 0 unspecified atom stereocenters. The summed E-state index contributed by atoms with van der Waals surface area (Å²) in [6, 6.07) is 6.37. The molecule has 140 valence electrons. The van der Waals surface area contributed by atoms with Gasteiger partial charge in [-0.2, -0.15) is 11.8 Å². The summed E-state index contributed by atoms with van der Waals surface area (Å²) in [7, 11) is 1.59. The molecule has 2 aliphatic heterocycles. The molecule has 0 radical (unpaired) electrons. The highest BCUT2D eigenvalue weighted by atomic mass is 32.2. The number of benzene rings is 1. The predicted molar refractivity (Wildman–Crippen MR) is 104 cm³/mol. The molecule has 5 amide bonds. The Hall–Kier alpha value is -2.22. The number of piperidine rings is 1. The third kappa shape index (κ3) is 3.95. The molecule has 1 aromatic carbocycles. The van der Waals surface area contributed by atoms with Crippen molar-refractivity contribution in [3.8, 4) is 0 Å². The van der Waals surface area contributed by atoms with Gasteiger partial charge in [-0.25, -0.2) is 14.5 Å². The summed E-state index contributed by atoms with van der Waals surface area (Å²) in [6.07, 6.45) is 4.26. The molecule has 1 aromatic rings. The third-order valence-corrected chi connectivity index (χ3v) is 5.51. The molecule has 1 atom stereocenters. The van der Waals surface area contributed by atoms with E-state index in [1.165, 1.54) is 4.90 Å². The van der Waals surface area contributed by atoms with Crippen LogP contribution in [0.3, 0.4) is 0 Å². The molecule has 0 saturated carbocycles. The van der Waals surface area contributed by atoms with Gasteiger partial charge in [0.1, 0.15) is 6.54 Å². The van der Waals surface area contributed by atoms with Gasteiger partial charge < -0.3 is 15.1 Å². The quantitative estimate of drug-likeness (QED) is 0.820. The van der Waals surface area contributed by atoms with Gasteiger partial charge in [0.25, 0.3) is 5.91 Å². The molecule has 0 bridgehead atoms. The van der Waals surface area contributed by atoms with Crippen molar-refractivity contribution >= 4 is 41.1 Å². The fraction of sp³-hybridized carbons (Fsp3) is 0.500. The number of urea groups is 2. The SMILES string of the molecule is CSC[C@H]1CCCN(C(=O)Nc2cccc(N3C(=O)CN(C)C3=O)c2)C1. The molecular formula is C18H24N4O3S. The van der Waals surface area contributed by atoms with Crippen molar-refractivity contribution in [2.75, 3.05) is 48.9 Å².